The van der Waals surface area contributed by atoms with Gasteiger partial charge in [-0.15, -0.1) is 0 Å². The fourth-order valence-corrected chi connectivity index (χ4v) is 8.17. The molecule has 0 amide bonds. The molecule has 1 aromatic heterocycles. The molecular formula is C47H33NO. The van der Waals surface area contributed by atoms with E-state index in [1.54, 1.807) is 0 Å². The van der Waals surface area contributed by atoms with Crippen molar-refractivity contribution in [2.24, 2.45) is 0 Å². The number of benzene rings is 8. The summed E-state index contributed by atoms with van der Waals surface area (Å²) in [5, 5.41) is 7.03. The van der Waals surface area contributed by atoms with Gasteiger partial charge in [-0.05, 0) is 98.1 Å². The van der Waals surface area contributed by atoms with E-state index in [1.807, 2.05) is 0 Å². The van der Waals surface area contributed by atoms with E-state index in [9.17, 15) is 0 Å². The van der Waals surface area contributed by atoms with E-state index >= 15 is 0 Å². The lowest BCUT2D eigenvalue weighted by atomic mass is 9.82. The maximum atomic E-state index is 6.68. The molecule has 232 valence electrons. The van der Waals surface area contributed by atoms with Gasteiger partial charge in [0.25, 0.3) is 0 Å². The summed E-state index contributed by atoms with van der Waals surface area (Å²) in [6.45, 7) is 4.70. The number of nitrogens with zero attached hydrogens (tertiary/aromatic N) is 1. The highest BCUT2D eigenvalue weighted by Gasteiger charge is 2.36. The van der Waals surface area contributed by atoms with E-state index in [0.29, 0.717) is 0 Å². The predicted molar refractivity (Wildman–Crippen MR) is 206 cm³/mol. The van der Waals surface area contributed by atoms with Gasteiger partial charge in [0.15, 0.2) is 0 Å². The Balaban J connectivity index is 1.23. The van der Waals surface area contributed by atoms with Gasteiger partial charge < -0.3 is 9.32 Å². The molecule has 1 aliphatic carbocycles. The molecule has 8 aromatic carbocycles. The summed E-state index contributed by atoms with van der Waals surface area (Å²) >= 11 is 0. The molecule has 0 fully saturated rings. The molecule has 2 nitrogen and oxygen atoms in total. The molecule has 9 aromatic rings. The summed E-state index contributed by atoms with van der Waals surface area (Å²) in [7, 11) is 0. The van der Waals surface area contributed by atoms with Gasteiger partial charge in [-0.25, -0.2) is 0 Å². The summed E-state index contributed by atoms with van der Waals surface area (Å²) < 4.78 is 6.68. The van der Waals surface area contributed by atoms with E-state index in [1.165, 1.54) is 49.5 Å². The Labute approximate surface area is 285 Å². The van der Waals surface area contributed by atoms with Crippen LogP contribution in [0.15, 0.2) is 168 Å². The summed E-state index contributed by atoms with van der Waals surface area (Å²) in [5.41, 5.74) is 12.7. The maximum Gasteiger partial charge on any atom is 0.143 e. The highest BCUT2D eigenvalue weighted by Crippen LogP contribution is 2.51. The average Bonchev–Trinajstić information content (AvgIpc) is 3.65. The molecule has 0 saturated carbocycles. The van der Waals surface area contributed by atoms with E-state index in [2.05, 4.69) is 183 Å². The first-order chi connectivity index (χ1) is 24.0. The largest absolute Gasteiger partial charge is 0.455 e. The quantitative estimate of drug-likeness (QED) is 0.193. The molecule has 1 aliphatic rings. The second-order valence-electron chi connectivity index (χ2n) is 13.8. The minimum absolute atomic E-state index is 0.117. The summed E-state index contributed by atoms with van der Waals surface area (Å²) in [4.78, 5) is 2.43. The van der Waals surface area contributed by atoms with E-state index in [4.69, 9.17) is 4.42 Å². The van der Waals surface area contributed by atoms with Crippen molar-refractivity contribution in [3.8, 4) is 22.3 Å². The number of fused-ring (bicyclic) bond motifs is 9. The van der Waals surface area contributed by atoms with E-state index in [-0.39, 0.29) is 5.41 Å². The van der Waals surface area contributed by atoms with Crippen LogP contribution >= 0.6 is 0 Å². The van der Waals surface area contributed by atoms with Crippen molar-refractivity contribution < 1.29 is 4.42 Å². The second-order valence-corrected chi connectivity index (χ2v) is 13.8. The lowest BCUT2D eigenvalue weighted by molar-refractivity contribution is 0.660. The molecule has 0 aliphatic heterocycles. The van der Waals surface area contributed by atoms with Crippen LogP contribution in [0.3, 0.4) is 0 Å². The fourth-order valence-electron chi connectivity index (χ4n) is 8.17. The van der Waals surface area contributed by atoms with Crippen molar-refractivity contribution in [3.05, 3.63) is 175 Å². The summed E-state index contributed by atoms with van der Waals surface area (Å²) in [5.74, 6) is 0. The van der Waals surface area contributed by atoms with Crippen molar-refractivity contribution >= 4 is 60.5 Å². The van der Waals surface area contributed by atoms with Gasteiger partial charge >= 0.3 is 0 Å². The molecule has 49 heavy (non-hydrogen) atoms. The monoisotopic (exact) mass is 627 g/mol. The molecular weight excluding hydrogens is 595 g/mol. The van der Waals surface area contributed by atoms with Crippen LogP contribution in [0.4, 0.5) is 17.1 Å². The minimum atomic E-state index is -0.117. The van der Waals surface area contributed by atoms with Crippen LogP contribution in [-0.4, -0.2) is 0 Å². The number of hydrogen-bond donors (Lipinski definition) is 0. The Morgan fingerprint density at radius 3 is 2.10 bits per heavy atom. The molecule has 10 rings (SSSR count). The van der Waals surface area contributed by atoms with Crippen molar-refractivity contribution in [2.75, 3.05) is 4.90 Å². The Morgan fingerprint density at radius 1 is 0.469 bits per heavy atom. The smallest absolute Gasteiger partial charge is 0.143 e. The predicted octanol–water partition coefficient (Wildman–Crippen LogP) is 13.3. The SMILES string of the molecule is CC1(C)c2ccccc2-c2ccc(N(c3cccc(-c4ccc5ccccc5c4)c3)c3cccc4oc5c6ccccc6ccc5c34)cc21. The van der Waals surface area contributed by atoms with Crippen LogP contribution in [0.1, 0.15) is 25.0 Å². The molecule has 0 radical (unpaired) electrons. The highest BCUT2D eigenvalue weighted by atomic mass is 16.3. The Kier molecular flexibility index (Phi) is 5.95. The molecule has 0 bridgehead atoms. The van der Waals surface area contributed by atoms with Gasteiger partial charge in [0.05, 0.1) is 11.1 Å². The van der Waals surface area contributed by atoms with E-state index in [0.717, 1.165) is 44.4 Å². The average molecular weight is 628 g/mol. The Hall–Kier alpha value is -6.12. The van der Waals surface area contributed by atoms with Crippen LogP contribution in [0, 0.1) is 0 Å². The first kappa shape index (κ1) is 27.9. The van der Waals surface area contributed by atoms with Gasteiger partial charge in [-0.1, -0.05) is 129 Å². The molecule has 0 atom stereocenters. The molecule has 0 N–H and O–H groups in total. The standard InChI is InChI=1S/C47H33NO/c1-47(2)41-18-8-7-17-38(41)39-26-24-36(29-42(39)47)48(35-15-9-14-33(28-35)34-22-21-30-11-3-4-13-32(30)27-34)43-19-10-20-44-45(43)40-25-23-31-12-5-6-16-37(31)46(40)49-44/h3-29H,1-2H3. The zero-order valence-corrected chi connectivity index (χ0v) is 27.4. The van der Waals surface area contributed by atoms with Gasteiger partial charge in [-0.3, -0.25) is 0 Å². The topological polar surface area (TPSA) is 16.4 Å². The van der Waals surface area contributed by atoms with Gasteiger partial charge in [0.2, 0.25) is 0 Å². The third-order valence-electron chi connectivity index (χ3n) is 10.6. The minimum Gasteiger partial charge on any atom is -0.455 e. The fraction of sp³-hybridized carbons (Fsp3) is 0.0638. The summed E-state index contributed by atoms with van der Waals surface area (Å²) in [6, 6.07) is 59.5. The zero-order chi connectivity index (χ0) is 32.7. The molecule has 1 heterocycles. The highest BCUT2D eigenvalue weighted by molar-refractivity contribution is 6.19. The van der Waals surface area contributed by atoms with Crippen LogP contribution in [0.25, 0.3) is 65.7 Å². The first-order valence-corrected chi connectivity index (χ1v) is 17.0. The normalized spacial score (nSPS) is 13.3. The Bertz CT molecular complexity index is 2770. The van der Waals surface area contributed by atoms with Crippen molar-refractivity contribution in [1.82, 2.24) is 0 Å². The van der Waals surface area contributed by atoms with Crippen LogP contribution in [-0.2, 0) is 5.41 Å². The molecule has 0 unspecified atom stereocenters. The molecule has 0 spiro atoms. The van der Waals surface area contributed by atoms with Gasteiger partial charge in [0, 0.05) is 27.6 Å². The van der Waals surface area contributed by atoms with Gasteiger partial charge in [0.1, 0.15) is 11.2 Å². The van der Waals surface area contributed by atoms with E-state index < -0.39 is 0 Å². The summed E-state index contributed by atoms with van der Waals surface area (Å²) in [6.07, 6.45) is 0. The zero-order valence-electron chi connectivity index (χ0n) is 27.4. The lowest BCUT2D eigenvalue weighted by Crippen LogP contribution is -2.16. The van der Waals surface area contributed by atoms with Crippen LogP contribution in [0.5, 0.6) is 0 Å². The molecule has 2 heteroatoms. The van der Waals surface area contributed by atoms with Crippen LogP contribution < -0.4 is 4.90 Å². The van der Waals surface area contributed by atoms with Crippen LogP contribution in [0.2, 0.25) is 0 Å². The number of furan rings is 1. The lowest BCUT2D eigenvalue weighted by Gasteiger charge is -2.29. The number of hydrogen-bond acceptors (Lipinski definition) is 2. The first-order valence-electron chi connectivity index (χ1n) is 17.0. The van der Waals surface area contributed by atoms with Crippen molar-refractivity contribution in [3.63, 3.8) is 0 Å². The van der Waals surface area contributed by atoms with Crippen molar-refractivity contribution in [2.45, 2.75) is 19.3 Å². The third kappa shape index (κ3) is 4.20. The second kappa shape index (κ2) is 10.4. The third-order valence-corrected chi connectivity index (χ3v) is 10.6. The Morgan fingerprint density at radius 2 is 1.18 bits per heavy atom. The number of anilines is 3. The molecule has 0 saturated heterocycles. The van der Waals surface area contributed by atoms with Crippen molar-refractivity contribution in [1.29, 1.82) is 0 Å². The number of rotatable bonds is 4. The van der Waals surface area contributed by atoms with Gasteiger partial charge in [-0.2, -0.15) is 0 Å². The maximum absolute atomic E-state index is 6.68.